The maximum atomic E-state index is 11.4. The Kier molecular flexibility index (Phi) is 7.94. The molecule has 0 fully saturated rings. The van der Waals surface area contributed by atoms with Crippen molar-refractivity contribution >= 4 is 6.16 Å². The lowest BCUT2D eigenvalue weighted by Gasteiger charge is -2.28. The molecule has 0 aliphatic carbocycles. The summed E-state index contributed by atoms with van der Waals surface area (Å²) in [4.78, 5) is 25.9. The lowest BCUT2D eigenvalue weighted by atomic mass is 9.95. The Bertz CT molecular complexity index is 316. The van der Waals surface area contributed by atoms with Gasteiger partial charge in [-0.1, -0.05) is 13.8 Å². The zero-order valence-corrected chi connectivity index (χ0v) is 12.9. The number of nitrogens with zero attached hydrogens (tertiary/aromatic N) is 1. The molecule has 0 unspecified atom stereocenters. The Balaban J connectivity index is 3.70. The molecule has 0 heterocycles. The molecule has 20 heavy (non-hydrogen) atoms. The van der Waals surface area contributed by atoms with Crippen LogP contribution in [0.3, 0.4) is 0 Å². The molecule has 0 amide bonds. The lowest BCUT2D eigenvalue weighted by molar-refractivity contribution is -0.767. The molecule has 0 aliphatic heterocycles. The summed E-state index contributed by atoms with van der Waals surface area (Å²) in [7, 11) is 0. The first-order chi connectivity index (χ1) is 9.15. The van der Waals surface area contributed by atoms with Crippen molar-refractivity contribution in [3.8, 4) is 0 Å². The molecule has 0 saturated carbocycles. The first-order valence-corrected chi connectivity index (χ1v) is 6.82. The number of rotatable bonds is 9. The summed E-state index contributed by atoms with van der Waals surface area (Å²) in [5, 5.41) is 9.27. The van der Waals surface area contributed by atoms with Crippen molar-refractivity contribution in [3.05, 3.63) is 10.1 Å². The summed E-state index contributed by atoms with van der Waals surface area (Å²) in [6.07, 6.45) is 0.699. The Morgan fingerprint density at radius 3 is 2.35 bits per heavy atom. The number of carbonyl (C=O) groups is 1. The predicted octanol–water partition coefficient (Wildman–Crippen LogP) is 3.34. The van der Waals surface area contributed by atoms with E-state index in [4.69, 9.17) is 9.47 Å². The monoisotopic (exact) mass is 291 g/mol. The van der Waals surface area contributed by atoms with Gasteiger partial charge in [0, 0.05) is 0 Å². The zero-order chi connectivity index (χ0) is 15.8. The largest absolute Gasteiger partial charge is 0.508 e. The van der Waals surface area contributed by atoms with Crippen LogP contribution in [0.1, 0.15) is 53.9 Å². The maximum Gasteiger partial charge on any atom is 0.508 e. The summed E-state index contributed by atoms with van der Waals surface area (Å²) in [5.41, 5.74) is -0.564. The van der Waals surface area contributed by atoms with Gasteiger partial charge in [0.25, 0.3) is 5.09 Å². The Labute approximate surface area is 119 Å². The molecule has 1 atom stereocenters. The van der Waals surface area contributed by atoms with E-state index in [0.29, 0.717) is 19.3 Å². The second-order valence-electron chi connectivity index (χ2n) is 5.59. The molecule has 0 aliphatic rings. The highest BCUT2D eigenvalue weighted by Gasteiger charge is 2.27. The fourth-order valence-electron chi connectivity index (χ4n) is 1.25. The summed E-state index contributed by atoms with van der Waals surface area (Å²) in [6, 6.07) is 0. The first kappa shape index (κ1) is 18.5. The van der Waals surface area contributed by atoms with Crippen molar-refractivity contribution in [2.24, 2.45) is 5.92 Å². The van der Waals surface area contributed by atoms with Gasteiger partial charge in [-0.3, -0.25) is 0 Å². The van der Waals surface area contributed by atoms with Crippen LogP contribution in [0.2, 0.25) is 0 Å². The number of hydrogen-bond donors (Lipinski definition) is 0. The molecule has 0 saturated heterocycles. The quantitative estimate of drug-likeness (QED) is 0.280. The fourth-order valence-corrected chi connectivity index (χ4v) is 1.25. The van der Waals surface area contributed by atoms with Crippen molar-refractivity contribution in [3.63, 3.8) is 0 Å². The molecule has 7 heteroatoms. The molecule has 118 valence electrons. The topological polar surface area (TPSA) is 87.9 Å². The van der Waals surface area contributed by atoms with Gasteiger partial charge >= 0.3 is 6.16 Å². The Morgan fingerprint density at radius 1 is 1.25 bits per heavy atom. The third-order valence-electron chi connectivity index (χ3n) is 3.23. The molecular weight excluding hydrogens is 266 g/mol. The minimum Gasteiger partial charge on any atom is -0.434 e. The van der Waals surface area contributed by atoms with E-state index in [-0.39, 0.29) is 12.5 Å². The minimum absolute atomic E-state index is 0.190. The summed E-state index contributed by atoms with van der Waals surface area (Å²) >= 11 is 0. The van der Waals surface area contributed by atoms with Gasteiger partial charge in [-0.2, -0.15) is 0 Å². The van der Waals surface area contributed by atoms with Gasteiger partial charge in [-0.25, -0.2) is 4.79 Å². The second-order valence-corrected chi connectivity index (χ2v) is 5.59. The highest BCUT2D eigenvalue weighted by Crippen LogP contribution is 2.20. The molecule has 0 aromatic heterocycles. The standard InChI is InChI=1S/C13H25NO6/c1-10(2)13(4,5)19-12(15)18-9-7-6-8-11(3)20-14(16)17/h10-11H,6-9H2,1-5H3/t11-/m0/s1. The molecule has 0 aromatic carbocycles. The van der Waals surface area contributed by atoms with Crippen LogP contribution < -0.4 is 0 Å². The van der Waals surface area contributed by atoms with E-state index in [1.165, 1.54) is 0 Å². The molecule has 7 nitrogen and oxygen atoms in total. The van der Waals surface area contributed by atoms with E-state index in [1.54, 1.807) is 6.92 Å². The van der Waals surface area contributed by atoms with E-state index in [0.717, 1.165) is 0 Å². The minimum atomic E-state index is -0.799. The van der Waals surface area contributed by atoms with Crippen molar-refractivity contribution < 1.29 is 24.2 Å². The van der Waals surface area contributed by atoms with Gasteiger partial charge in [0.2, 0.25) is 0 Å². The van der Waals surface area contributed by atoms with Gasteiger partial charge in [-0.05, 0) is 46.0 Å². The van der Waals surface area contributed by atoms with Crippen molar-refractivity contribution in [2.75, 3.05) is 6.61 Å². The normalized spacial score (nSPS) is 12.9. The highest BCUT2D eigenvalue weighted by molar-refractivity contribution is 5.60. The van der Waals surface area contributed by atoms with Crippen LogP contribution in [-0.2, 0) is 14.3 Å². The summed E-state index contributed by atoms with van der Waals surface area (Å²) in [5.74, 6) is 0.190. The summed E-state index contributed by atoms with van der Waals surface area (Å²) in [6.45, 7) is 9.44. The van der Waals surface area contributed by atoms with Crippen LogP contribution in [0.4, 0.5) is 4.79 Å². The molecule has 0 N–H and O–H groups in total. The van der Waals surface area contributed by atoms with Crippen LogP contribution in [0.15, 0.2) is 0 Å². The van der Waals surface area contributed by atoms with Gasteiger partial charge in [0.15, 0.2) is 0 Å². The number of ether oxygens (including phenoxy) is 2. The van der Waals surface area contributed by atoms with Crippen LogP contribution in [0, 0.1) is 16.0 Å². The highest BCUT2D eigenvalue weighted by atomic mass is 17.0. The van der Waals surface area contributed by atoms with E-state index < -0.39 is 22.9 Å². The Morgan fingerprint density at radius 2 is 1.85 bits per heavy atom. The van der Waals surface area contributed by atoms with E-state index in [9.17, 15) is 14.9 Å². The second kappa shape index (κ2) is 8.60. The Hall–Kier alpha value is -1.53. The van der Waals surface area contributed by atoms with Crippen LogP contribution >= 0.6 is 0 Å². The zero-order valence-electron chi connectivity index (χ0n) is 12.9. The first-order valence-electron chi connectivity index (χ1n) is 6.82. The van der Waals surface area contributed by atoms with Gasteiger partial charge < -0.3 is 14.3 Å². The van der Waals surface area contributed by atoms with Crippen LogP contribution in [-0.4, -0.2) is 29.6 Å². The van der Waals surface area contributed by atoms with Crippen molar-refractivity contribution in [2.45, 2.75) is 65.6 Å². The number of hydrogen-bond acceptors (Lipinski definition) is 6. The maximum absolute atomic E-state index is 11.4. The molecule has 0 spiro atoms. The lowest BCUT2D eigenvalue weighted by Crippen LogP contribution is -2.34. The molecule has 0 rings (SSSR count). The number of carbonyl (C=O) groups excluding carboxylic acids is 1. The fraction of sp³-hybridized carbons (Fsp3) is 0.923. The number of unbranched alkanes of at least 4 members (excludes halogenated alkanes) is 1. The predicted molar refractivity (Wildman–Crippen MR) is 72.7 cm³/mol. The SMILES string of the molecule is CC(C)C(C)(C)OC(=O)OCCCC[C@H](C)O[N+](=O)[O-]. The smallest absolute Gasteiger partial charge is 0.434 e. The average Bonchev–Trinajstić information content (AvgIpc) is 2.26. The average molecular weight is 291 g/mol. The molecule has 0 bridgehead atoms. The van der Waals surface area contributed by atoms with Crippen molar-refractivity contribution in [1.82, 2.24) is 0 Å². The van der Waals surface area contributed by atoms with Crippen LogP contribution in [0.25, 0.3) is 0 Å². The van der Waals surface area contributed by atoms with E-state index >= 15 is 0 Å². The van der Waals surface area contributed by atoms with Crippen LogP contribution in [0.5, 0.6) is 0 Å². The van der Waals surface area contributed by atoms with Gasteiger partial charge in [0.05, 0.1) is 6.61 Å². The summed E-state index contributed by atoms with van der Waals surface area (Å²) < 4.78 is 10.2. The van der Waals surface area contributed by atoms with E-state index in [2.05, 4.69) is 4.84 Å². The third-order valence-corrected chi connectivity index (χ3v) is 3.23. The third kappa shape index (κ3) is 8.55. The van der Waals surface area contributed by atoms with Crippen molar-refractivity contribution in [1.29, 1.82) is 0 Å². The molecular formula is C13H25NO6. The molecule has 0 radical (unpaired) electrons. The van der Waals surface area contributed by atoms with E-state index in [1.807, 2.05) is 27.7 Å². The van der Waals surface area contributed by atoms with Gasteiger partial charge in [-0.15, -0.1) is 10.1 Å². The van der Waals surface area contributed by atoms with Gasteiger partial charge in [0.1, 0.15) is 11.7 Å². The molecule has 0 aromatic rings.